The highest BCUT2D eigenvalue weighted by Gasteiger charge is 2.19. The molecular weight excluding hydrogens is 194 g/mol. The normalized spacial score (nSPS) is 14.5. The molecule has 0 amide bonds. The molecule has 0 bridgehead atoms. The van der Waals surface area contributed by atoms with E-state index in [9.17, 15) is 4.79 Å². The van der Waals surface area contributed by atoms with Crippen molar-refractivity contribution in [2.24, 2.45) is 20.9 Å². The first kappa shape index (κ1) is 13.5. The first-order chi connectivity index (χ1) is 6.99. The summed E-state index contributed by atoms with van der Waals surface area (Å²) in [5, 5.41) is 8.88. The fraction of sp³-hybridized carbons (Fsp3) is 0.600. The van der Waals surface area contributed by atoms with Gasteiger partial charge in [-0.3, -0.25) is 15.0 Å². The lowest BCUT2D eigenvalue weighted by atomic mass is 10.1. The minimum atomic E-state index is -0.917. The Balaban J connectivity index is 4.53. The smallest absolute Gasteiger partial charge is 0.328 e. The highest BCUT2D eigenvalue weighted by atomic mass is 16.4. The van der Waals surface area contributed by atoms with Gasteiger partial charge in [0, 0.05) is 6.21 Å². The van der Waals surface area contributed by atoms with E-state index in [-0.39, 0.29) is 12.6 Å². The average Bonchev–Trinajstić information content (AvgIpc) is 2.13. The van der Waals surface area contributed by atoms with Crippen molar-refractivity contribution in [1.82, 2.24) is 0 Å². The summed E-state index contributed by atoms with van der Waals surface area (Å²) >= 11 is 0. The van der Waals surface area contributed by atoms with Crippen LogP contribution in [0.3, 0.4) is 0 Å². The summed E-state index contributed by atoms with van der Waals surface area (Å²) in [6, 6.07) is -0.715. The molecule has 1 N–H and O–H groups in total. The van der Waals surface area contributed by atoms with Gasteiger partial charge >= 0.3 is 5.97 Å². The molecule has 0 rings (SSSR count). The molecule has 0 aromatic carbocycles. The van der Waals surface area contributed by atoms with Crippen LogP contribution in [0, 0.1) is 5.92 Å². The maximum Gasteiger partial charge on any atom is 0.328 e. The third-order valence-corrected chi connectivity index (χ3v) is 1.69. The molecule has 0 aromatic heterocycles. The molecule has 0 heterocycles. The van der Waals surface area contributed by atoms with E-state index in [1.807, 2.05) is 13.8 Å². The summed E-state index contributed by atoms with van der Waals surface area (Å²) in [4.78, 5) is 22.3. The molecule has 0 aromatic rings. The Labute approximate surface area is 89.7 Å². The number of aliphatic imine (C=N–C) groups is 3. The van der Waals surface area contributed by atoms with Gasteiger partial charge in [-0.2, -0.15) is 0 Å². The van der Waals surface area contributed by atoms with Crippen molar-refractivity contribution in [1.29, 1.82) is 0 Å². The van der Waals surface area contributed by atoms with Crippen LogP contribution >= 0.6 is 0 Å². The molecule has 5 nitrogen and oxygen atoms in total. The Hall–Kier alpha value is -1.52. The van der Waals surface area contributed by atoms with E-state index in [2.05, 4.69) is 21.7 Å². The second kappa shape index (κ2) is 6.86. The van der Waals surface area contributed by atoms with E-state index in [0.717, 1.165) is 0 Å². The van der Waals surface area contributed by atoms with Crippen molar-refractivity contribution in [3.63, 3.8) is 0 Å². The largest absolute Gasteiger partial charge is 0.480 e. The molecule has 0 radical (unpaired) electrons. The average molecular weight is 211 g/mol. The molecule has 0 fully saturated rings. The number of hydrogen-bond acceptors (Lipinski definition) is 4. The van der Waals surface area contributed by atoms with Crippen LogP contribution in [0.4, 0.5) is 0 Å². The number of hydrogen-bond donors (Lipinski definition) is 1. The lowest BCUT2D eigenvalue weighted by Gasteiger charge is -2.11. The van der Waals surface area contributed by atoms with Crippen molar-refractivity contribution in [3.8, 4) is 0 Å². The zero-order chi connectivity index (χ0) is 11.8. The minimum Gasteiger partial charge on any atom is -0.480 e. The van der Waals surface area contributed by atoms with Crippen molar-refractivity contribution in [2.75, 3.05) is 6.67 Å². The Bertz CT molecular complexity index is 282. The Morgan fingerprint density at radius 2 is 2.13 bits per heavy atom. The van der Waals surface area contributed by atoms with Gasteiger partial charge in [-0.25, -0.2) is 4.79 Å². The molecule has 0 aliphatic rings. The molecular formula is C10H17N3O2. The highest BCUT2D eigenvalue weighted by Crippen LogP contribution is 2.06. The summed E-state index contributed by atoms with van der Waals surface area (Å²) in [5.74, 6) is -0.956. The molecule has 1 atom stereocenters. The van der Waals surface area contributed by atoms with Crippen LogP contribution < -0.4 is 0 Å². The van der Waals surface area contributed by atoms with Gasteiger partial charge in [-0.15, -0.1) is 0 Å². The van der Waals surface area contributed by atoms with Crippen LogP contribution in [0.2, 0.25) is 0 Å². The van der Waals surface area contributed by atoms with Crippen LogP contribution in [0.1, 0.15) is 20.8 Å². The van der Waals surface area contributed by atoms with Gasteiger partial charge in [-0.1, -0.05) is 13.8 Å². The molecule has 0 spiro atoms. The first-order valence-electron chi connectivity index (χ1n) is 4.68. The molecule has 5 heteroatoms. The molecule has 0 saturated carbocycles. The van der Waals surface area contributed by atoms with Gasteiger partial charge in [-0.05, 0) is 19.6 Å². The van der Waals surface area contributed by atoms with Crippen molar-refractivity contribution in [3.05, 3.63) is 0 Å². The summed E-state index contributed by atoms with van der Waals surface area (Å²) in [7, 11) is 0. The van der Waals surface area contributed by atoms with Gasteiger partial charge in [0.25, 0.3) is 0 Å². The van der Waals surface area contributed by atoms with Crippen molar-refractivity contribution < 1.29 is 9.90 Å². The molecule has 0 saturated heterocycles. The Morgan fingerprint density at radius 3 is 2.53 bits per heavy atom. The van der Waals surface area contributed by atoms with Crippen molar-refractivity contribution >= 4 is 24.6 Å². The van der Waals surface area contributed by atoms with E-state index >= 15 is 0 Å². The Kier molecular flexibility index (Phi) is 6.17. The fourth-order valence-corrected chi connectivity index (χ4v) is 0.973. The number of carboxylic acid groups (broad SMARTS) is 1. The third-order valence-electron chi connectivity index (χ3n) is 1.69. The number of rotatable bonds is 6. The minimum absolute atomic E-state index is 0.0385. The quantitative estimate of drug-likeness (QED) is 0.672. The second-order valence-corrected chi connectivity index (χ2v) is 3.47. The SMILES string of the molecule is C=NCN=CC(C)=NC(C(=O)O)C(C)C. The van der Waals surface area contributed by atoms with Gasteiger partial charge in [0.1, 0.15) is 12.7 Å². The number of carboxylic acids is 1. The maximum absolute atomic E-state index is 10.8. The first-order valence-corrected chi connectivity index (χ1v) is 4.68. The van der Waals surface area contributed by atoms with E-state index in [0.29, 0.717) is 5.71 Å². The third kappa shape index (κ3) is 5.72. The zero-order valence-electron chi connectivity index (χ0n) is 9.34. The summed E-state index contributed by atoms with van der Waals surface area (Å²) in [6.45, 7) is 8.90. The van der Waals surface area contributed by atoms with Crippen LogP contribution in [0.5, 0.6) is 0 Å². The number of aliphatic carboxylic acids is 1. The van der Waals surface area contributed by atoms with Crippen LogP contribution in [0.25, 0.3) is 0 Å². The lowest BCUT2D eigenvalue weighted by Crippen LogP contribution is -2.25. The van der Waals surface area contributed by atoms with Crippen LogP contribution in [-0.4, -0.2) is 42.4 Å². The predicted octanol–water partition coefficient (Wildman–Crippen LogP) is 1.29. The number of carbonyl (C=O) groups is 1. The van der Waals surface area contributed by atoms with E-state index in [1.165, 1.54) is 6.21 Å². The van der Waals surface area contributed by atoms with Gasteiger partial charge in [0.2, 0.25) is 0 Å². The lowest BCUT2D eigenvalue weighted by molar-refractivity contribution is -0.139. The summed E-state index contributed by atoms with van der Waals surface area (Å²) in [5.41, 5.74) is 0.583. The zero-order valence-corrected chi connectivity index (χ0v) is 9.34. The van der Waals surface area contributed by atoms with Gasteiger partial charge in [0.05, 0.1) is 5.71 Å². The molecule has 84 valence electrons. The van der Waals surface area contributed by atoms with Crippen LogP contribution in [0.15, 0.2) is 15.0 Å². The highest BCUT2D eigenvalue weighted by molar-refractivity contribution is 6.29. The molecule has 0 aliphatic carbocycles. The van der Waals surface area contributed by atoms with E-state index in [4.69, 9.17) is 5.11 Å². The van der Waals surface area contributed by atoms with Gasteiger partial charge in [0.15, 0.2) is 0 Å². The standard InChI is InChI=1S/C10H17N3O2/c1-7(2)9(10(14)15)13-8(3)5-12-6-11-4/h5,7,9H,4,6H2,1-3H3,(H,14,15). The maximum atomic E-state index is 10.8. The monoisotopic (exact) mass is 211 g/mol. The Morgan fingerprint density at radius 1 is 1.53 bits per heavy atom. The number of nitrogens with zero attached hydrogens (tertiary/aromatic N) is 3. The summed E-state index contributed by atoms with van der Waals surface area (Å²) < 4.78 is 0. The predicted molar refractivity (Wildman–Crippen MR) is 62.3 cm³/mol. The second-order valence-electron chi connectivity index (χ2n) is 3.47. The van der Waals surface area contributed by atoms with Crippen LogP contribution in [-0.2, 0) is 4.79 Å². The molecule has 0 aliphatic heterocycles. The fourth-order valence-electron chi connectivity index (χ4n) is 0.973. The van der Waals surface area contributed by atoms with Crippen molar-refractivity contribution in [2.45, 2.75) is 26.8 Å². The van der Waals surface area contributed by atoms with Gasteiger partial charge < -0.3 is 5.11 Å². The molecule has 1 unspecified atom stereocenters. The molecule has 15 heavy (non-hydrogen) atoms. The topological polar surface area (TPSA) is 74.4 Å². The van der Waals surface area contributed by atoms with E-state index < -0.39 is 12.0 Å². The van der Waals surface area contributed by atoms with E-state index in [1.54, 1.807) is 6.92 Å². The summed E-state index contributed by atoms with van der Waals surface area (Å²) in [6.07, 6.45) is 1.51.